The van der Waals surface area contributed by atoms with Gasteiger partial charge in [0, 0.05) is 26.1 Å². The molecule has 1 aromatic carbocycles. The number of hydrogen-bond donors (Lipinski definition) is 1. The van der Waals surface area contributed by atoms with Crippen LogP contribution >= 0.6 is 0 Å². The Labute approximate surface area is 198 Å². The van der Waals surface area contributed by atoms with E-state index in [-0.39, 0.29) is 47.0 Å². The van der Waals surface area contributed by atoms with E-state index >= 15 is 0 Å². The largest absolute Gasteiger partial charge is 0.508 e. The van der Waals surface area contributed by atoms with Gasteiger partial charge in [0.05, 0.1) is 12.5 Å². The molecule has 0 aliphatic carbocycles. The van der Waals surface area contributed by atoms with Crippen LogP contribution in [0.3, 0.4) is 0 Å². The third-order valence-corrected chi connectivity index (χ3v) is 6.36. The summed E-state index contributed by atoms with van der Waals surface area (Å²) in [6.07, 6.45) is 2.50. The van der Waals surface area contributed by atoms with Gasteiger partial charge in [0.15, 0.2) is 0 Å². The summed E-state index contributed by atoms with van der Waals surface area (Å²) < 4.78 is 5.84. The number of rotatable bonds is 9. The standard InChI is InChI=1S/C27H40N2O4/c1-19(17-27(5,6)18-26(2,3)4)14-21-16-23(31)29(24(21)32)11-10-28-12-13-33-25(28)20-8-7-9-22(30)15-20/h7-9,15,21,25,30H,1,10-14,16-18H2,2-6H3. The van der Waals surface area contributed by atoms with Gasteiger partial charge in [-0.2, -0.15) is 0 Å². The number of allylic oxidation sites excluding steroid dienone is 1. The number of nitrogens with zero attached hydrogens (tertiary/aromatic N) is 2. The smallest absolute Gasteiger partial charge is 0.233 e. The number of benzene rings is 1. The third kappa shape index (κ3) is 6.90. The number of aromatic hydroxyl groups is 1. The fraction of sp³-hybridized carbons (Fsp3) is 0.630. The molecular weight excluding hydrogens is 416 g/mol. The lowest BCUT2D eigenvalue weighted by molar-refractivity contribution is -0.139. The zero-order valence-corrected chi connectivity index (χ0v) is 20.9. The molecule has 0 bridgehead atoms. The first-order valence-electron chi connectivity index (χ1n) is 12.0. The van der Waals surface area contributed by atoms with Gasteiger partial charge in [-0.3, -0.25) is 19.4 Å². The Balaban J connectivity index is 1.54. The number of amides is 2. The summed E-state index contributed by atoms with van der Waals surface area (Å²) in [4.78, 5) is 29.2. The highest BCUT2D eigenvalue weighted by Gasteiger charge is 2.39. The molecular formula is C27H40N2O4. The van der Waals surface area contributed by atoms with Gasteiger partial charge in [0.1, 0.15) is 12.0 Å². The Hall–Kier alpha value is -2.18. The van der Waals surface area contributed by atoms with Gasteiger partial charge >= 0.3 is 0 Å². The molecule has 2 fully saturated rings. The molecule has 2 atom stereocenters. The van der Waals surface area contributed by atoms with Crippen LogP contribution in [0.2, 0.25) is 0 Å². The second-order valence-electron chi connectivity index (χ2n) is 11.7. The van der Waals surface area contributed by atoms with E-state index in [1.165, 1.54) is 4.90 Å². The molecule has 2 aliphatic rings. The average molecular weight is 457 g/mol. The van der Waals surface area contributed by atoms with Crippen LogP contribution in [0.4, 0.5) is 0 Å². The molecule has 2 saturated heterocycles. The summed E-state index contributed by atoms with van der Waals surface area (Å²) >= 11 is 0. The zero-order chi connectivity index (χ0) is 24.4. The lowest BCUT2D eigenvalue weighted by atomic mass is 9.72. The Kier molecular flexibility index (Phi) is 7.69. The number of carbonyl (C=O) groups is 2. The van der Waals surface area contributed by atoms with Crippen molar-refractivity contribution in [2.75, 3.05) is 26.2 Å². The van der Waals surface area contributed by atoms with Gasteiger partial charge in [-0.15, -0.1) is 0 Å². The topological polar surface area (TPSA) is 70.1 Å². The number of carbonyl (C=O) groups excluding carboxylic acids is 2. The van der Waals surface area contributed by atoms with Gasteiger partial charge < -0.3 is 9.84 Å². The fourth-order valence-electron chi connectivity index (χ4n) is 5.69. The van der Waals surface area contributed by atoms with Gasteiger partial charge in [-0.1, -0.05) is 58.9 Å². The highest BCUT2D eigenvalue weighted by Crippen LogP contribution is 2.39. The molecule has 2 amide bonds. The Morgan fingerprint density at radius 1 is 1.18 bits per heavy atom. The molecule has 2 heterocycles. The van der Waals surface area contributed by atoms with Gasteiger partial charge in [-0.25, -0.2) is 0 Å². The fourth-order valence-corrected chi connectivity index (χ4v) is 5.69. The van der Waals surface area contributed by atoms with E-state index in [0.717, 1.165) is 30.5 Å². The van der Waals surface area contributed by atoms with E-state index in [1.807, 2.05) is 6.07 Å². The Bertz CT molecular complexity index is 886. The minimum Gasteiger partial charge on any atom is -0.508 e. The van der Waals surface area contributed by atoms with Crippen molar-refractivity contribution in [3.8, 4) is 5.75 Å². The van der Waals surface area contributed by atoms with Crippen molar-refractivity contribution in [2.24, 2.45) is 16.7 Å². The first-order chi connectivity index (χ1) is 15.3. The summed E-state index contributed by atoms with van der Waals surface area (Å²) in [5.74, 6) is -0.279. The molecule has 33 heavy (non-hydrogen) atoms. The lowest BCUT2D eigenvalue weighted by Crippen LogP contribution is -2.38. The molecule has 3 rings (SSSR count). The van der Waals surface area contributed by atoms with Crippen molar-refractivity contribution in [1.29, 1.82) is 0 Å². The van der Waals surface area contributed by atoms with Crippen molar-refractivity contribution in [1.82, 2.24) is 9.80 Å². The van der Waals surface area contributed by atoms with E-state index in [4.69, 9.17) is 4.74 Å². The molecule has 0 spiro atoms. The second kappa shape index (κ2) is 9.98. The highest BCUT2D eigenvalue weighted by molar-refractivity contribution is 6.03. The van der Waals surface area contributed by atoms with Crippen LogP contribution in [0.25, 0.3) is 0 Å². The van der Waals surface area contributed by atoms with E-state index in [2.05, 4.69) is 46.1 Å². The number of likely N-dealkylation sites (tertiary alicyclic amines) is 1. The second-order valence-corrected chi connectivity index (χ2v) is 11.7. The molecule has 2 aliphatic heterocycles. The monoisotopic (exact) mass is 456 g/mol. The van der Waals surface area contributed by atoms with Crippen LogP contribution in [0.5, 0.6) is 5.75 Å². The number of phenolic OH excluding ortho intramolecular Hbond substituents is 1. The average Bonchev–Trinajstić information content (AvgIpc) is 3.22. The maximum atomic E-state index is 13.0. The van der Waals surface area contributed by atoms with E-state index < -0.39 is 0 Å². The van der Waals surface area contributed by atoms with Gasteiger partial charge in [0.25, 0.3) is 0 Å². The summed E-state index contributed by atoms with van der Waals surface area (Å²) in [6.45, 7) is 17.7. The molecule has 6 nitrogen and oxygen atoms in total. The molecule has 1 aromatic rings. The number of ether oxygens (including phenoxy) is 1. The van der Waals surface area contributed by atoms with Crippen LogP contribution in [0.1, 0.15) is 72.1 Å². The molecule has 0 aromatic heterocycles. The summed E-state index contributed by atoms with van der Waals surface area (Å²) in [7, 11) is 0. The van der Waals surface area contributed by atoms with E-state index in [9.17, 15) is 14.7 Å². The number of phenols is 1. The van der Waals surface area contributed by atoms with Gasteiger partial charge in [0.2, 0.25) is 11.8 Å². The summed E-state index contributed by atoms with van der Waals surface area (Å²) in [6, 6.07) is 7.02. The lowest BCUT2D eigenvalue weighted by Gasteiger charge is -2.33. The first kappa shape index (κ1) is 25.4. The Morgan fingerprint density at radius 2 is 1.91 bits per heavy atom. The van der Waals surface area contributed by atoms with Crippen molar-refractivity contribution in [2.45, 2.75) is 66.5 Å². The van der Waals surface area contributed by atoms with Crippen molar-refractivity contribution >= 4 is 11.8 Å². The SMILES string of the molecule is C=C(CC1CC(=O)N(CCN2CCOC2c2cccc(O)c2)C1=O)CC(C)(C)CC(C)(C)C. The highest BCUT2D eigenvalue weighted by atomic mass is 16.5. The van der Waals surface area contributed by atoms with Crippen molar-refractivity contribution in [3.05, 3.63) is 42.0 Å². The van der Waals surface area contributed by atoms with Crippen molar-refractivity contribution < 1.29 is 19.4 Å². The molecule has 2 unspecified atom stereocenters. The normalized spacial score (nSPS) is 22.4. The zero-order valence-electron chi connectivity index (χ0n) is 20.9. The molecule has 182 valence electrons. The number of imide groups is 1. The predicted octanol–water partition coefficient (Wildman–Crippen LogP) is 4.90. The summed E-state index contributed by atoms with van der Waals surface area (Å²) in [5, 5.41) is 9.78. The molecule has 1 N–H and O–H groups in total. The van der Waals surface area contributed by atoms with Crippen LogP contribution in [-0.2, 0) is 14.3 Å². The van der Waals surface area contributed by atoms with Crippen LogP contribution < -0.4 is 0 Å². The molecule has 0 radical (unpaired) electrons. The number of hydrogen-bond acceptors (Lipinski definition) is 5. The minimum atomic E-state index is -0.299. The predicted molar refractivity (Wildman–Crippen MR) is 129 cm³/mol. The first-order valence-corrected chi connectivity index (χ1v) is 12.0. The van der Waals surface area contributed by atoms with E-state index in [0.29, 0.717) is 26.1 Å². The summed E-state index contributed by atoms with van der Waals surface area (Å²) in [5.41, 5.74) is 2.26. The van der Waals surface area contributed by atoms with Crippen molar-refractivity contribution in [3.63, 3.8) is 0 Å². The van der Waals surface area contributed by atoms with Gasteiger partial charge in [-0.05, 0) is 47.8 Å². The maximum absolute atomic E-state index is 13.0. The Morgan fingerprint density at radius 3 is 2.58 bits per heavy atom. The maximum Gasteiger partial charge on any atom is 0.233 e. The van der Waals surface area contributed by atoms with Crippen LogP contribution in [0, 0.1) is 16.7 Å². The molecule has 0 saturated carbocycles. The van der Waals surface area contributed by atoms with Crippen LogP contribution in [-0.4, -0.2) is 53.0 Å². The van der Waals surface area contributed by atoms with E-state index in [1.54, 1.807) is 18.2 Å². The quantitative estimate of drug-likeness (QED) is 0.423. The minimum absolute atomic E-state index is 0.0798. The third-order valence-electron chi connectivity index (χ3n) is 6.36. The van der Waals surface area contributed by atoms with Crippen LogP contribution in [0.15, 0.2) is 36.4 Å². The molecule has 6 heteroatoms.